The fraction of sp³-hybridized carbons (Fsp3) is 0.647. The molecule has 0 N–H and O–H groups in total. The number of pyridine rings is 1. The van der Waals surface area contributed by atoms with Gasteiger partial charge in [-0.3, -0.25) is 4.79 Å². The summed E-state index contributed by atoms with van der Waals surface area (Å²) < 4.78 is 16.7. The summed E-state index contributed by atoms with van der Waals surface area (Å²) in [6.07, 6.45) is 4.69. The standard InChI is InChI=1S/C17H24N2O4/c1-21-12-17-7-4-10-23-14(17)6-9-19(11-17)16(20)13-5-3-8-18-15(13)22-2/h3,5,8,14H,4,6-7,9-12H2,1-2H3/t14-,17-/m1/s1. The van der Waals surface area contributed by atoms with Crippen molar-refractivity contribution >= 4 is 5.91 Å². The van der Waals surface area contributed by atoms with Crippen molar-refractivity contribution in [1.29, 1.82) is 0 Å². The molecule has 0 aliphatic carbocycles. The van der Waals surface area contributed by atoms with Gasteiger partial charge in [-0.25, -0.2) is 4.98 Å². The van der Waals surface area contributed by atoms with Crippen LogP contribution in [-0.4, -0.2) is 62.4 Å². The highest BCUT2D eigenvalue weighted by molar-refractivity contribution is 5.96. The van der Waals surface area contributed by atoms with E-state index in [0.717, 1.165) is 25.9 Å². The summed E-state index contributed by atoms with van der Waals surface area (Å²) in [6.45, 7) is 2.77. The Hall–Kier alpha value is -1.66. The van der Waals surface area contributed by atoms with E-state index in [4.69, 9.17) is 14.2 Å². The van der Waals surface area contributed by atoms with Gasteiger partial charge in [-0.15, -0.1) is 0 Å². The van der Waals surface area contributed by atoms with Gasteiger partial charge in [0.1, 0.15) is 5.56 Å². The zero-order chi connectivity index (χ0) is 16.3. The number of rotatable bonds is 4. The molecule has 0 aromatic carbocycles. The Morgan fingerprint density at radius 2 is 2.39 bits per heavy atom. The monoisotopic (exact) mass is 320 g/mol. The minimum absolute atomic E-state index is 0.0329. The van der Waals surface area contributed by atoms with E-state index in [2.05, 4.69) is 4.98 Å². The zero-order valence-electron chi connectivity index (χ0n) is 13.8. The van der Waals surface area contributed by atoms with Crippen LogP contribution < -0.4 is 4.74 Å². The van der Waals surface area contributed by atoms with Gasteiger partial charge in [0.25, 0.3) is 5.91 Å². The van der Waals surface area contributed by atoms with E-state index in [1.807, 2.05) is 4.90 Å². The fourth-order valence-electron chi connectivity index (χ4n) is 3.85. The number of carbonyl (C=O) groups excluding carboxylic acids is 1. The smallest absolute Gasteiger partial charge is 0.259 e. The molecule has 2 saturated heterocycles. The fourth-order valence-corrected chi connectivity index (χ4v) is 3.85. The van der Waals surface area contributed by atoms with Gasteiger partial charge in [-0.1, -0.05) is 0 Å². The van der Waals surface area contributed by atoms with Gasteiger partial charge in [0.05, 0.1) is 19.8 Å². The molecular weight excluding hydrogens is 296 g/mol. The maximum absolute atomic E-state index is 12.9. The number of piperidine rings is 1. The zero-order valence-corrected chi connectivity index (χ0v) is 13.8. The van der Waals surface area contributed by atoms with E-state index in [-0.39, 0.29) is 17.4 Å². The Morgan fingerprint density at radius 1 is 1.52 bits per heavy atom. The van der Waals surface area contributed by atoms with E-state index in [1.165, 1.54) is 7.11 Å². The van der Waals surface area contributed by atoms with Gasteiger partial charge in [-0.05, 0) is 31.4 Å². The van der Waals surface area contributed by atoms with Crippen LogP contribution in [0.5, 0.6) is 5.88 Å². The lowest BCUT2D eigenvalue weighted by Gasteiger charge is -2.50. The highest BCUT2D eigenvalue weighted by Gasteiger charge is 2.47. The second kappa shape index (κ2) is 6.84. The highest BCUT2D eigenvalue weighted by Crippen LogP contribution is 2.40. The number of nitrogens with zero attached hydrogens (tertiary/aromatic N) is 2. The molecule has 1 aromatic rings. The molecular formula is C17H24N2O4. The Bertz CT molecular complexity index is 561. The number of fused-ring (bicyclic) bond motifs is 1. The third kappa shape index (κ3) is 3.05. The molecule has 1 amide bonds. The molecule has 6 heteroatoms. The Labute approximate surface area is 136 Å². The molecule has 0 spiro atoms. The number of carbonyl (C=O) groups is 1. The summed E-state index contributed by atoms with van der Waals surface area (Å²) in [7, 11) is 3.25. The SMILES string of the molecule is COC[C@]12CCCO[C@@H]1CCN(C(=O)c1cccnc1OC)C2. The van der Waals surface area contributed by atoms with Crippen LogP contribution in [0.1, 0.15) is 29.6 Å². The molecule has 0 bridgehead atoms. The number of amides is 1. The van der Waals surface area contributed by atoms with Crippen LogP contribution in [0.3, 0.4) is 0 Å². The third-order valence-electron chi connectivity index (χ3n) is 4.90. The van der Waals surface area contributed by atoms with Crippen LogP contribution in [0.25, 0.3) is 0 Å². The molecule has 0 unspecified atom stereocenters. The van der Waals surface area contributed by atoms with E-state index in [0.29, 0.717) is 31.1 Å². The summed E-state index contributed by atoms with van der Waals surface area (Å²) >= 11 is 0. The summed E-state index contributed by atoms with van der Waals surface area (Å²) in [5.74, 6) is 0.342. The van der Waals surface area contributed by atoms with Crippen molar-refractivity contribution < 1.29 is 19.0 Å². The molecule has 2 fully saturated rings. The third-order valence-corrected chi connectivity index (χ3v) is 4.90. The second-order valence-corrected chi connectivity index (χ2v) is 6.33. The lowest BCUT2D eigenvalue weighted by molar-refractivity contribution is -0.142. The predicted molar refractivity (Wildman–Crippen MR) is 84.6 cm³/mol. The summed E-state index contributed by atoms with van der Waals surface area (Å²) in [5, 5.41) is 0. The molecule has 2 atom stereocenters. The number of ether oxygens (including phenoxy) is 3. The Kier molecular flexibility index (Phi) is 4.82. The van der Waals surface area contributed by atoms with Gasteiger partial charge in [0, 0.05) is 38.4 Å². The molecule has 3 rings (SSSR count). The van der Waals surface area contributed by atoms with Crippen LogP contribution in [0, 0.1) is 5.41 Å². The number of hydrogen-bond acceptors (Lipinski definition) is 5. The molecule has 2 aliphatic rings. The molecule has 3 heterocycles. The summed E-state index contributed by atoms with van der Waals surface area (Å²) in [6, 6.07) is 3.53. The molecule has 126 valence electrons. The van der Waals surface area contributed by atoms with Crippen LogP contribution in [0.2, 0.25) is 0 Å². The minimum atomic E-state index is -0.101. The lowest BCUT2D eigenvalue weighted by Crippen LogP contribution is -2.58. The van der Waals surface area contributed by atoms with Crippen molar-refractivity contribution in [3.63, 3.8) is 0 Å². The molecule has 2 aliphatic heterocycles. The Balaban J connectivity index is 1.82. The second-order valence-electron chi connectivity index (χ2n) is 6.33. The van der Waals surface area contributed by atoms with Gasteiger partial charge in [0.2, 0.25) is 5.88 Å². The first kappa shape index (κ1) is 16.2. The summed E-state index contributed by atoms with van der Waals surface area (Å²) in [4.78, 5) is 18.9. The number of hydrogen-bond donors (Lipinski definition) is 0. The molecule has 6 nitrogen and oxygen atoms in total. The highest BCUT2D eigenvalue weighted by atomic mass is 16.5. The summed E-state index contributed by atoms with van der Waals surface area (Å²) in [5.41, 5.74) is 0.411. The van der Waals surface area contributed by atoms with Crippen molar-refractivity contribution in [3.05, 3.63) is 23.9 Å². The van der Waals surface area contributed by atoms with Crippen molar-refractivity contribution in [2.24, 2.45) is 5.41 Å². The van der Waals surface area contributed by atoms with Crippen molar-refractivity contribution in [2.45, 2.75) is 25.4 Å². The minimum Gasteiger partial charge on any atom is -0.480 e. The molecule has 0 saturated carbocycles. The average molecular weight is 320 g/mol. The molecule has 23 heavy (non-hydrogen) atoms. The number of methoxy groups -OCH3 is 2. The van der Waals surface area contributed by atoms with Crippen molar-refractivity contribution in [1.82, 2.24) is 9.88 Å². The topological polar surface area (TPSA) is 60.9 Å². The average Bonchev–Trinajstić information content (AvgIpc) is 2.60. The van der Waals surface area contributed by atoms with Gasteiger partial charge in [-0.2, -0.15) is 0 Å². The molecule has 0 radical (unpaired) electrons. The van der Waals surface area contributed by atoms with Crippen LogP contribution >= 0.6 is 0 Å². The first-order valence-electron chi connectivity index (χ1n) is 8.09. The van der Waals surface area contributed by atoms with Crippen molar-refractivity contribution in [3.8, 4) is 5.88 Å². The maximum Gasteiger partial charge on any atom is 0.259 e. The predicted octanol–water partition coefficient (Wildman–Crippen LogP) is 1.75. The lowest BCUT2D eigenvalue weighted by atomic mass is 9.73. The largest absolute Gasteiger partial charge is 0.480 e. The van der Waals surface area contributed by atoms with Crippen LogP contribution in [0.15, 0.2) is 18.3 Å². The van der Waals surface area contributed by atoms with Crippen molar-refractivity contribution in [2.75, 3.05) is 40.5 Å². The van der Waals surface area contributed by atoms with E-state index in [9.17, 15) is 4.79 Å². The molecule has 1 aromatic heterocycles. The quantitative estimate of drug-likeness (QED) is 0.846. The normalized spacial score (nSPS) is 27.4. The van der Waals surface area contributed by atoms with E-state index < -0.39 is 0 Å². The van der Waals surface area contributed by atoms with E-state index in [1.54, 1.807) is 25.4 Å². The van der Waals surface area contributed by atoms with Crippen LogP contribution in [0.4, 0.5) is 0 Å². The van der Waals surface area contributed by atoms with Gasteiger partial charge >= 0.3 is 0 Å². The maximum atomic E-state index is 12.9. The first-order chi connectivity index (χ1) is 11.2. The van der Waals surface area contributed by atoms with Crippen LogP contribution in [-0.2, 0) is 9.47 Å². The number of likely N-dealkylation sites (tertiary alicyclic amines) is 1. The van der Waals surface area contributed by atoms with Gasteiger partial charge < -0.3 is 19.1 Å². The van der Waals surface area contributed by atoms with Gasteiger partial charge in [0.15, 0.2) is 0 Å². The number of aromatic nitrogens is 1. The first-order valence-corrected chi connectivity index (χ1v) is 8.09. The Morgan fingerprint density at radius 3 is 3.17 bits per heavy atom. The van der Waals surface area contributed by atoms with E-state index >= 15 is 0 Å².